The largest absolute Gasteiger partial charge is 0.460 e. The maximum atomic E-state index is 12.6. The Morgan fingerprint density at radius 1 is 0.622 bits per heavy atom. The number of hydrogen-bond acceptors (Lipinski definition) is 6. The van der Waals surface area contributed by atoms with Crippen molar-refractivity contribution in [1.29, 1.82) is 0 Å². The molecule has 0 aromatic carbocycles. The smallest absolute Gasteiger partial charge is 0.347 e. The van der Waals surface area contributed by atoms with E-state index in [0.717, 1.165) is 70.6 Å². The molecule has 0 radical (unpaired) electrons. The van der Waals surface area contributed by atoms with Crippen LogP contribution in [0.15, 0.2) is 36.5 Å². The summed E-state index contributed by atoms with van der Waals surface area (Å²) in [4.78, 5) is 25.1. The molecule has 0 heterocycles. The molecule has 0 aliphatic heterocycles. The molecule has 2 atom stereocenters. The summed E-state index contributed by atoms with van der Waals surface area (Å²) >= 11 is 0. The second kappa shape index (κ2) is 34.9. The SMILES string of the molecule is CC/C=C\C/C=C\C/C=C\CCCCCCC(OC(=O)CCCCCCCCCCCCCCCCC)C(=O)OCC(O)CO. The first-order valence-corrected chi connectivity index (χ1v) is 18.6. The van der Waals surface area contributed by atoms with Gasteiger partial charge in [-0.25, -0.2) is 4.79 Å². The van der Waals surface area contributed by atoms with Crippen LogP contribution in [0.2, 0.25) is 0 Å². The summed E-state index contributed by atoms with van der Waals surface area (Å²) in [5.41, 5.74) is 0. The summed E-state index contributed by atoms with van der Waals surface area (Å²) in [6, 6.07) is 0. The molecule has 0 aromatic rings. The van der Waals surface area contributed by atoms with Crippen LogP contribution in [0, 0.1) is 0 Å². The highest BCUT2D eigenvalue weighted by atomic mass is 16.6. The molecule has 6 heteroatoms. The van der Waals surface area contributed by atoms with E-state index in [9.17, 15) is 14.7 Å². The van der Waals surface area contributed by atoms with Crippen molar-refractivity contribution in [2.24, 2.45) is 0 Å². The first-order chi connectivity index (χ1) is 22.0. The number of allylic oxidation sites excluding steroid dienone is 6. The van der Waals surface area contributed by atoms with E-state index in [1.54, 1.807) is 0 Å². The Morgan fingerprint density at radius 3 is 1.67 bits per heavy atom. The lowest BCUT2D eigenvalue weighted by molar-refractivity contribution is -0.170. The minimum absolute atomic E-state index is 0.304. The highest BCUT2D eigenvalue weighted by molar-refractivity contribution is 5.79. The highest BCUT2D eigenvalue weighted by Gasteiger charge is 2.24. The van der Waals surface area contributed by atoms with E-state index in [-0.39, 0.29) is 12.6 Å². The predicted octanol–water partition coefficient (Wildman–Crippen LogP) is 10.3. The monoisotopic (exact) mass is 635 g/mol. The third kappa shape index (κ3) is 31.8. The zero-order valence-electron chi connectivity index (χ0n) is 29.2. The van der Waals surface area contributed by atoms with E-state index in [2.05, 4.69) is 50.3 Å². The lowest BCUT2D eigenvalue weighted by Crippen LogP contribution is -2.32. The summed E-state index contributed by atoms with van der Waals surface area (Å²) in [7, 11) is 0. The van der Waals surface area contributed by atoms with E-state index < -0.39 is 24.8 Å². The molecule has 2 unspecified atom stereocenters. The fourth-order valence-corrected chi connectivity index (χ4v) is 5.18. The molecule has 0 aliphatic carbocycles. The Balaban J connectivity index is 4.08. The van der Waals surface area contributed by atoms with Crippen LogP contribution >= 0.6 is 0 Å². The Kier molecular flexibility index (Phi) is 33.5. The number of aliphatic hydroxyl groups is 2. The van der Waals surface area contributed by atoms with Gasteiger partial charge in [0.25, 0.3) is 0 Å². The number of aliphatic hydroxyl groups excluding tert-OH is 2. The zero-order chi connectivity index (χ0) is 33.1. The normalized spacial score (nSPS) is 13.2. The topological polar surface area (TPSA) is 93.1 Å². The predicted molar refractivity (Wildman–Crippen MR) is 188 cm³/mol. The molecule has 0 spiro atoms. The molecular formula is C39H70O6. The second-order valence-electron chi connectivity index (χ2n) is 12.4. The number of carbonyl (C=O) groups is 2. The van der Waals surface area contributed by atoms with Crippen molar-refractivity contribution in [2.45, 2.75) is 187 Å². The van der Waals surface area contributed by atoms with Crippen LogP contribution < -0.4 is 0 Å². The van der Waals surface area contributed by atoms with Crippen molar-refractivity contribution in [3.8, 4) is 0 Å². The molecular weight excluding hydrogens is 564 g/mol. The van der Waals surface area contributed by atoms with Gasteiger partial charge in [-0.05, 0) is 51.4 Å². The molecule has 6 nitrogen and oxygen atoms in total. The molecule has 0 saturated heterocycles. The molecule has 0 rings (SSSR count). The summed E-state index contributed by atoms with van der Waals surface area (Å²) < 4.78 is 10.6. The fraction of sp³-hybridized carbons (Fsp3) is 0.795. The molecule has 0 saturated carbocycles. The van der Waals surface area contributed by atoms with Gasteiger partial charge in [0.05, 0.1) is 6.61 Å². The van der Waals surface area contributed by atoms with Gasteiger partial charge >= 0.3 is 11.9 Å². The molecule has 0 aliphatic rings. The Hall–Kier alpha value is -1.92. The summed E-state index contributed by atoms with van der Waals surface area (Å²) in [6.07, 6.45) is 38.7. The van der Waals surface area contributed by atoms with Crippen molar-refractivity contribution >= 4 is 11.9 Å². The maximum Gasteiger partial charge on any atom is 0.347 e. The van der Waals surface area contributed by atoms with Crippen molar-refractivity contribution < 1.29 is 29.3 Å². The van der Waals surface area contributed by atoms with Gasteiger partial charge in [-0.2, -0.15) is 0 Å². The molecule has 0 aromatic heterocycles. The first-order valence-electron chi connectivity index (χ1n) is 18.6. The van der Waals surface area contributed by atoms with Crippen LogP contribution in [0.4, 0.5) is 0 Å². The number of unbranched alkanes of at least 4 members (excludes halogenated alkanes) is 18. The van der Waals surface area contributed by atoms with Gasteiger partial charge in [-0.3, -0.25) is 4.79 Å². The van der Waals surface area contributed by atoms with Gasteiger partial charge < -0.3 is 19.7 Å². The van der Waals surface area contributed by atoms with Crippen molar-refractivity contribution in [2.75, 3.05) is 13.2 Å². The van der Waals surface area contributed by atoms with Crippen molar-refractivity contribution in [1.82, 2.24) is 0 Å². The molecule has 45 heavy (non-hydrogen) atoms. The molecule has 2 N–H and O–H groups in total. The van der Waals surface area contributed by atoms with Gasteiger partial charge in [0.1, 0.15) is 12.7 Å². The number of carbonyl (C=O) groups excluding carboxylic acids is 2. The lowest BCUT2D eigenvalue weighted by atomic mass is 10.0. The first kappa shape index (κ1) is 43.1. The van der Waals surface area contributed by atoms with Gasteiger partial charge in [-0.1, -0.05) is 153 Å². The van der Waals surface area contributed by atoms with Gasteiger partial charge in [-0.15, -0.1) is 0 Å². The third-order valence-corrected chi connectivity index (χ3v) is 8.02. The van der Waals surface area contributed by atoms with E-state index >= 15 is 0 Å². The number of rotatable bonds is 33. The van der Waals surface area contributed by atoms with E-state index in [1.807, 2.05) is 0 Å². The number of hydrogen-bond donors (Lipinski definition) is 2. The van der Waals surface area contributed by atoms with E-state index in [0.29, 0.717) is 12.8 Å². The van der Waals surface area contributed by atoms with Crippen LogP contribution in [0.3, 0.4) is 0 Å². The molecule has 0 amide bonds. The van der Waals surface area contributed by atoms with Crippen LogP contribution in [-0.4, -0.2) is 47.6 Å². The highest BCUT2D eigenvalue weighted by Crippen LogP contribution is 2.16. The Morgan fingerprint density at radius 2 is 1.11 bits per heavy atom. The number of esters is 2. The van der Waals surface area contributed by atoms with Crippen LogP contribution in [0.1, 0.15) is 174 Å². The quantitative estimate of drug-likeness (QED) is 0.0424. The van der Waals surface area contributed by atoms with Gasteiger partial charge in [0, 0.05) is 6.42 Å². The standard InChI is InChI=1S/C39H70O6/c1-3-5-7-9-11-13-15-17-19-21-23-25-27-29-31-33-38(42)45-37(39(43)44-35-36(41)34-40)32-30-28-26-24-22-20-18-16-14-12-10-8-6-4-2/h6,8,12,14,18,20,36-37,40-41H,3-5,7,9-11,13,15-17,19,21-35H2,1-2H3/b8-6-,14-12-,20-18-. The van der Waals surface area contributed by atoms with Crippen LogP contribution in [-0.2, 0) is 19.1 Å². The Labute approximate surface area is 277 Å². The maximum absolute atomic E-state index is 12.6. The Bertz CT molecular complexity index is 744. The lowest BCUT2D eigenvalue weighted by Gasteiger charge is -2.18. The minimum atomic E-state index is -1.13. The summed E-state index contributed by atoms with van der Waals surface area (Å²) in [5, 5.41) is 18.5. The van der Waals surface area contributed by atoms with Crippen LogP contribution in [0.5, 0.6) is 0 Å². The molecule has 0 bridgehead atoms. The third-order valence-electron chi connectivity index (χ3n) is 8.02. The molecule has 262 valence electrons. The van der Waals surface area contributed by atoms with Crippen LogP contribution in [0.25, 0.3) is 0 Å². The fourth-order valence-electron chi connectivity index (χ4n) is 5.18. The van der Waals surface area contributed by atoms with Crippen molar-refractivity contribution in [3.05, 3.63) is 36.5 Å². The second-order valence-corrected chi connectivity index (χ2v) is 12.4. The average molecular weight is 635 g/mol. The van der Waals surface area contributed by atoms with Crippen molar-refractivity contribution in [3.63, 3.8) is 0 Å². The minimum Gasteiger partial charge on any atom is -0.460 e. The zero-order valence-corrected chi connectivity index (χ0v) is 29.2. The van der Waals surface area contributed by atoms with E-state index in [4.69, 9.17) is 14.6 Å². The summed E-state index contributed by atoms with van der Waals surface area (Å²) in [6.45, 7) is 3.61. The average Bonchev–Trinajstić information content (AvgIpc) is 3.04. The number of ether oxygens (including phenoxy) is 2. The van der Waals surface area contributed by atoms with Gasteiger partial charge in [0.2, 0.25) is 0 Å². The van der Waals surface area contributed by atoms with E-state index in [1.165, 1.54) is 77.0 Å². The van der Waals surface area contributed by atoms with Gasteiger partial charge in [0.15, 0.2) is 6.10 Å². The summed E-state index contributed by atoms with van der Waals surface area (Å²) in [5.74, 6) is -1.01. The molecule has 0 fully saturated rings.